The first kappa shape index (κ1) is 19.6. The zero-order valence-electron chi connectivity index (χ0n) is 16.6. The fourth-order valence-electron chi connectivity index (χ4n) is 3.60. The van der Waals surface area contributed by atoms with E-state index in [1.165, 1.54) is 0 Å². The minimum atomic E-state index is -0.550. The summed E-state index contributed by atoms with van der Waals surface area (Å²) >= 11 is 0. The van der Waals surface area contributed by atoms with Crippen LogP contribution in [0.25, 0.3) is 0 Å². The molecule has 156 valence electrons. The van der Waals surface area contributed by atoms with Gasteiger partial charge in [0.05, 0.1) is 32.2 Å². The molecular weight excluding hydrogens is 378 g/mol. The number of aromatic nitrogens is 3. The Morgan fingerprint density at radius 2 is 2.00 bits per heavy atom. The number of fused-ring (bicyclic) bond motifs is 1. The fourth-order valence-corrected chi connectivity index (χ4v) is 3.60. The van der Waals surface area contributed by atoms with E-state index < -0.39 is 12.2 Å². The number of carbonyl (C=O) groups is 1. The molecule has 0 aliphatic carbocycles. The van der Waals surface area contributed by atoms with Crippen molar-refractivity contribution in [3.05, 3.63) is 36.2 Å². The molecule has 1 amide bonds. The van der Waals surface area contributed by atoms with E-state index in [9.17, 15) is 4.79 Å². The number of nitrogens with zero attached hydrogens (tertiary/aromatic N) is 4. The summed E-state index contributed by atoms with van der Waals surface area (Å²) in [7, 11) is 5.55. The van der Waals surface area contributed by atoms with Gasteiger partial charge in [-0.3, -0.25) is 5.32 Å². The number of anilines is 1. The minimum Gasteiger partial charge on any atom is -0.497 e. The highest BCUT2D eigenvalue weighted by molar-refractivity contribution is 5.84. The van der Waals surface area contributed by atoms with Crippen LogP contribution in [0, 0.1) is 0 Å². The molecule has 2 aliphatic rings. The maximum absolute atomic E-state index is 12.3. The van der Waals surface area contributed by atoms with Crippen LogP contribution in [-0.2, 0) is 20.8 Å². The maximum atomic E-state index is 12.3. The molecule has 0 spiro atoms. The third-order valence-electron chi connectivity index (χ3n) is 4.95. The number of amides is 1. The second kappa shape index (κ2) is 8.36. The van der Waals surface area contributed by atoms with E-state index in [0.29, 0.717) is 24.6 Å². The summed E-state index contributed by atoms with van der Waals surface area (Å²) in [5.41, 5.74) is 1.50. The molecule has 0 bridgehead atoms. The van der Waals surface area contributed by atoms with E-state index in [4.69, 9.17) is 18.9 Å². The Hall–Kier alpha value is -2.69. The van der Waals surface area contributed by atoms with Gasteiger partial charge in [0.15, 0.2) is 6.10 Å². The zero-order valence-corrected chi connectivity index (χ0v) is 16.6. The van der Waals surface area contributed by atoms with Crippen molar-refractivity contribution >= 4 is 11.8 Å². The van der Waals surface area contributed by atoms with Gasteiger partial charge in [-0.25, -0.2) is 9.48 Å². The van der Waals surface area contributed by atoms with E-state index in [0.717, 1.165) is 5.69 Å². The van der Waals surface area contributed by atoms with Crippen LogP contribution in [0.4, 0.5) is 10.5 Å². The molecule has 2 aliphatic heterocycles. The van der Waals surface area contributed by atoms with Crippen LogP contribution in [0.5, 0.6) is 5.75 Å². The molecule has 4 atom stereocenters. The van der Waals surface area contributed by atoms with Gasteiger partial charge >= 0.3 is 6.09 Å². The Morgan fingerprint density at radius 3 is 2.72 bits per heavy atom. The highest BCUT2D eigenvalue weighted by Crippen LogP contribution is 2.35. The van der Waals surface area contributed by atoms with Crippen LogP contribution in [0.2, 0.25) is 0 Å². The number of carbonyl (C=O) groups excluding carboxylic acids is 1. The van der Waals surface area contributed by atoms with Gasteiger partial charge in [-0.15, -0.1) is 5.10 Å². The van der Waals surface area contributed by atoms with Crippen molar-refractivity contribution in [3.63, 3.8) is 0 Å². The van der Waals surface area contributed by atoms with Crippen LogP contribution in [-0.4, -0.2) is 78.7 Å². The van der Waals surface area contributed by atoms with E-state index >= 15 is 0 Å². The molecule has 0 radical (unpaired) electrons. The third-order valence-corrected chi connectivity index (χ3v) is 4.95. The lowest BCUT2D eigenvalue weighted by molar-refractivity contribution is 0.00770. The van der Waals surface area contributed by atoms with Crippen molar-refractivity contribution in [2.45, 2.75) is 30.9 Å². The SMILES string of the molecule is COc1ccc(NC(=O)O[C@@H]2CO[C@H]3[C@H]2OC[C@H]3n2cc(CN(C)C)nn2)cc1. The number of hydrogen-bond acceptors (Lipinski definition) is 8. The number of ether oxygens (including phenoxy) is 4. The molecule has 2 saturated heterocycles. The van der Waals surface area contributed by atoms with Crippen molar-refractivity contribution in [1.82, 2.24) is 19.9 Å². The second-order valence-electron chi connectivity index (χ2n) is 7.39. The molecule has 0 saturated carbocycles. The Labute approximate surface area is 168 Å². The van der Waals surface area contributed by atoms with Gasteiger partial charge in [0.1, 0.15) is 24.0 Å². The Bertz CT molecular complexity index is 840. The van der Waals surface area contributed by atoms with Crippen molar-refractivity contribution in [3.8, 4) is 5.75 Å². The monoisotopic (exact) mass is 403 g/mol. The van der Waals surface area contributed by atoms with Crippen LogP contribution >= 0.6 is 0 Å². The number of benzene rings is 1. The standard InChI is InChI=1S/C19H25N5O5/c1-23(2)8-13-9-24(22-21-13)15-10-27-18-16(11-28-17(15)18)29-19(25)20-12-4-6-14(26-3)7-5-12/h4-7,9,15-18H,8,10-11H2,1-3H3,(H,20,25)/t15-,16-,17-,18+/m1/s1. The first-order valence-electron chi connectivity index (χ1n) is 9.44. The van der Waals surface area contributed by atoms with Crippen molar-refractivity contribution in [2.75, 3.05) is 39.7 Å². The molecule has 4 rings (SSSR count). The van der Waals surface area contributed by atoms with E-state index in [1.807, 2.05) is 25.2 Å². The summed E-state index contributed by atoms with van der Waals surface area (Å²) in [5, 5.41) is 11.1. The fraction of sp³-hybridized carbons (Fsp3) is 0.526. The Kier molecular flexibility index (Phi) is 5.65. The Balaban J connectivity index is 1.33. The molecular formula is C19H25N5O5. The second-order valence-corrected chi connectivity index (χ2v) is 7.39. The number of nitrogens with one attached hydrogen (secondary N) is 1. The first-order chi connectivity index (χ1) is 14.0. The van der Waals surface area contributed by atoms with Crippen LogP contribution in [0.1, 0.15) is 11.7 Å². The summed E-state index contributed by atoms with van der Waals surface area (Å²) in [5.74, 6) is 0.711. The minimum absolute atomic E-state index is 0.0957. The summed E-state index contributed by atoms with van der Waals surface area (Å²) in [4.78, 5) is 14.3. The number of hydrogen-bond donors (Lipinski definition) is 1. The number of methoxy groups -OCH3 is 1. The smallest absolute Gasteiger partial charge is 0.412 e. The maximum Gasteiger partial charge on any atom is 0.412 e. The summed E-state index contributed by atoms with van der Waals surface area (Å²) in [6, 6.07) is 6.91. The largest absolute Gasteiger partial charge is 0.497 e. The van der Waals surface area contributed by atoms with Crippen molar-refractivity contribution < 1.29 is 23.7 Å². The van der Waals surface area contributed by atoms with E-state index in [-0.39, 0.29) is 24.9 Å². The van der Waals surface area contributed by atoms with Gasteiger partial charge < -0.3 is 23.8 Å². The summed E-state index contributed by atoms with van der Waals surface area (Å²) in [6.45, 7) is 1.42. The van der Waals surface area contributed by atoms with E-state index in [2.05, 4.69) is 15.6 Å². The van der Waals surface area contributed by atoms with Gasteiger partial charge in [0, 0.05) is 12.2 Å². The molecule has 10 nitrogen and oxygen atoms in total. The third kappa shape index (κ3) is 4.34. The number of rotatable bonds is 6. The molecule has 29 heavy (non-hydrogen) atoms. The van der Waals surface area contributed by atoms with E-state index in [1.54, 1.807) is 36.1 Å². The normalized spacial score (nSPS) is 25.8. The summed E-state index contributed by atoms with van der Waals surface area (Å²) < 4.78 is 24.2. The van der Waals surface area contributed by atoms with Crippen molar-refractivity contribution in [2.24, 2.45) is 0 Å². The lowest BCUT2D eigenvalue weighted by Gasteiger charge is -2.17. The molecule has 1 aromatic carbocycles. The zero-order chi connectivity index (χ0) is 20.4. The molecule has 1 aromatic heterocycles. The molecule has 10 heteroatoms. The van der Waals surface area contributed by atoms with Gasteiger partial charge in [0.25, 0.3) is 0 Å². The van der Waals surface area contributed by atoms with Crippen molar-refractivity contribution in [1.29, 1.82) is 0 Å². The van der Waals surface area contributed by atoms with Crippen LogP contribution < -0.4 is 10.1 Å². The first-order valence-corrected chi connectivity index (χ1v) is 9.44. The highest BCUT2D eigenvalue weighted by atomic mass is 16.6. The lowest BCUT2D eigenvalue weighted by Crippen LogP contribution is -2.34. The molecule has 2 aromatic rings. The average molecular weight is 403 g/mol. The predicted molar refractivity (Wildman–Crippen MR) is 103 cm³/mol. The van der Waals surface area contributed by atoms with Gasteiger partial charge in [-0.1, -0.05) is 5.21 Å². The molecule has 2 fully saturated rings. The lowest BCUT2D eigenvalue weighted by atomic mass is 10.1. The van der Waals surface area contributed by atoms with Crippen LogP contribution in [0.15, 0.2) is 30.5 Å². The van der Waals surface area contributed by atoms with Crippen LogP contribution in [0.3, 0.4) is 0 Å². The molecule has 0 unspecified atom stereocenters. The topological polar surface area (TPSA) is 100.0 Å². The van der Waals surface area contributed by atoms with Gasteiger partial charge in [0.2, 0.25) is 0 Å². The predicted octanol–water partition coefficient (Wildman–Crippen LogP) is 1.30. The van der Waals surface area contributed by atoms with Gasteiger partial charge in [-0.2, -0.15) is 0 Å². The average Bonchev–Trinajstić information content (AvgIpc) is 3.40. The summed E-state index contributed by atoms with van der Waals surface area (Å²) in [6.07, 6.45) is 0.314. The van der Waals surface area contributed by atoms with Gasteiger partial charge in [-0.05, 0) is 38.4 Å². The molecule has 1 N–H and O–H groups in total. The quantitative estimate of drug-likeness (QED) is 0.771. The highest BCUT2D eigenvalue weighted by Gasteiger charge is 2.50. The Morgan fingerprint density at radius 1 is 1.24 bits per heavy atom. The molecule has 3 heterocycles.